The van der Waals surface area contributed by atoms with Gasteiger partial charge in [-0.2, -0.15) is 0 Å². The molecule has 100 valence electrons. The van der Waals surface area contributed by atoms with Gasteiger partial charge >= 0.3 is 0 Å². The standard InChI is InChI=1S/C11H14FNO4S/c1-2-18(16,17)10(7-14)11(13-15)8-3-5-9(12)6-4-8/h3-6,10,14-15H,2,7H2,1H3/b13-11-/t10-/m1/s1. The zero-order valence-corrected chi connectivity index (χ0v) is 10.6. The van der Waals surface area contributed by atoms with E-state index in [0.29, 0.717) is 0 Å². The van der Waals surface area contributed by atoms with E-state index in [1.165, 1.54) is 19.1 Å². The topological polar surface area (TPSA) is 87.0 Å². The van der Waals surface area contributed by atoms with Crippen LogP contribution in [0.2, 0.25) is 0 Å². The van der Waals surface area contributed by atoms with E-state index in [9.17, 15) is 12.8 Å². The molecular weight excluding hydrogens is 261 g/mol. The van der Waals surface area contributed by atoms with Gasteiger partial charge in [-0.25, -0.2) is 12.8 Å². The summed E-state index contributed by atoms with van der Waals surface area (Å²) in [5, 5.41) is 19.7. The summed E-state index contributed by atoms with van der Waals surface area (Å²) in [6.45, 7) is 0.727. The van der Waals surface area contributed by atoms with Crippen molar-refractivity contribution < 1.29 is 23.1 Å². The average molecular weight is 275 g/mol. The monoisotopic (exact) mass is 275 g/mol. The van der Waals surface area contributed by atoms with Crippen LogP contribution in [0.1, 0.15) is 12.5 Å². The van der Waals surface area contributed by atoms with Gasteiger partial charge in [0.1, 0.15) is 16.8 Å². The lowest BCUT2D eigenvalue weighted by molar-refractivity contribution is 0.296. The molecule has 18 heavy (non-hydrogen) atoms. The lowest BCUT2D eigenvalue weighted by Gasteiger charge is -2.15. The molecule has 0 saturated heterocycles. The van der Waals surface area contributed by atoms with Crippen molar-refractivity contribution in [2.45, 2.75) is 12.2 Å². The van der Waals surface area contributed by atoms with Crippen molar-refractivity contribution in [1.29, 1.82) is 0 Å². The Hall–Kier alpha value is -1.47. The van der Waals surface area contributed by atoms with E-state index in [1.807, 2.05) is 0 Å². The predicted octanol–water partition coefficient (Wildman–Crippen LogP) is 0.800. The van der Waals surface area contributed by atoms with E-state index < -0.39 is 27.5 Å². The minimum absolute atomic E-state index is 0.195. The number of benzene rings is 1. The van der Waals surface area contributed by atoms with Gasteiger partial charge < -0.3 is 10.3 Å². The second kappa shape index (κ2) is 5.92. The molecule has 0 aliphatic heterocycles. The summed E-state index contributed by atoms with van der Waals surface area (Å²) in [7, 11) is -3.61. The molecule has 1 aromatic carbocycles. The van der Waals surface area contributed by atoms with Gasteiger partial charge in [0.15, 0.2) is 9.84 Å². The van der Waals surface area contributed by atoms with Crippen molar-refractivity contribution in [1.82, 2.24) is 0 Å². The number of nitrogens with zero attached hydrogens (tertiary/aromatic N) is 1. The van der Waals surface area contributed by atoms with E-state index in [-0.39, 0.29) is 17.0 Å². The number of hydrogen-bond acceptors (Lipinski definition) is 5. The van der Waals surface area contributed by atoms with Crippen LogP contribution in [0, 0.1) is 5.82 Å². The van der Waals surface area contributed by atoms with Crippen LogP contribution < -0.4 is 0 Å². The Morgan fingerprint density at radius 2 is 1.94 bits per heavy atom. The van der Waals surface area contributed by atoms with E-state index in [2.05, 4.69) is 5.16 Å². The van der Waals surface area contributed by atoms with Crippen LogP contribution in [-0.2, 0) is 9.84 Å². The number of aliphatic hydroxyl groups is 1. The predicted molar refractivity (Wildman–Crippen MR) is 65.1 cm³/mol. The van der Waals surface area contributed by atoms with Gasteiger partial charge in [-0.15, -0.1) is 0 Å². The fraction of sp³-hybridized carbons (Fsp3) is 0.364. The molecule has 0 aromatic heterocycles. The number of rotatable bonds is 5. The van der Waals surface area contributed by atoms with Crippen LogP contribution in [-0.4, -0.2) is 42.1 Å². The van der Waals surface area contributed by atoms with E-state index in [0.717, 1.165) is 12.1 Å². The summed E-state index contributed by atoms with van der Waals surface area (Å²) >= 11 is 0. The highest BCUT2D eigenvalue weighted by Crippen LogP contribution is 2.13. The van der Waals surface area contributed by atoms with Crippen LogP contribution >= 0.6 is 0 Å². The largest absolute Gasteiger partial charge is 0.411 e. The second-order valence-corrected chi connectivity index (χ2v) is 6.09. The number of oxime groups is 1. The lowest BCUT2D eigenvalue weighted by Crippen LogP contribution is -2.35. The molecule has 0 aliphatic carbocycles. The third-order valence-corrected chi connectivity index (χ3v) is 4.60. The van der Waals surface area contributed by atoms with Crippen molar-refractivity contribution in [3.8, 4) is 0 Å². The smallest absolute Gasteiger partial charge is 0.161 e. The van der Waals surface area contributed by atoms with Gasteiger partial charge in [0.2, 0.25) is 0 Å². The van der Waals surface area contributed by atoms with Gasteiger partial charge in [-0.05, 0) is 12.1 Å². The highest BCUT2D eigenvalue weighted by molar-refractivity contribution is 7.92. The van der Waals surface area contributed by atoms with Gasteiger partial charge in [0, 0.05) is 11.3 Å². The molecule has 0 heterocycles. The first-order chi connectivity index (χ1) is 8.46. The summed E-state index contributed by atoms with van der Waals surface area (Å²) in [5.41, 5.74) is 0.0503. The first-order valence-corrected chi connectivity index (χ1v) is 6.98. The minimum atomic E-state index is -3.61. The van der Waals surface area contributed by atoms with Gasteiger partial charge in [-0.3, -0.25) is 0 Å². The first kappa shape index (κ1) is 14.6. The Morgan fingerprint density at radius 3 is 2.33 bits per heavy atom. The molecule has 1 atom stereocenters. The molecule has 7 heteroatoms. The number of sulfone groups is 1. The van der Waals surface area contributed by atoms with Gasteiger partial charge in [0.05, 0.1) is 6.61 Å². The first-order valence-electron chi connectivity index (χ1n) is 5.26. The molecule has 0 amide bonds. The quantitative estimate of drug-likeness (QED) is 0.473. The maximum absolute atomic E-state index is 12.8. The highest BCUT2D eigenvalue weighted by Gasteiger charge is 2.30. The molecule has 1 rings (SSSR count). The van der Waals surface area contributed by atoms with Crippen molar-refractivity contribution in [3.63, 3.8) is 0 Å². The summed E-state index contributed by atoms with van der Waals surface area (Å²) < 4.78 is 36.3. The third kappa shape index (κ3) is 3.05. The maximum atomic E-state index is 12.8. The van der Waals surface area contributed by atoms with Crippen molar-refractivity contribution >= 4 is 15.5 Å². The van der Waals surface area contributed by atoms with E-state index >= 15 is 0 Å². The summed E-state index contributed by atoms with van der Waals surface area (Å²) in [5.74, 6) is -0.687. The molecular formula is C11H14FNO4S. The Bertz CT molecular complexity index is 524. The SMILES string of the molecule is CCS(=O)(=O)[C@H](CO)/C(=N\O)c1ccc(F)cc1. The van der Waals surface area contributed by atoms with Crippen molar-refractivity contribution in [3.05, 3.63) is 35.6 Å². The zero-order chi connectivity index (χ0) is 13.8. The Kier molecular flexibility index (Phi) is 4.80. The molecule has 2 N–H and O–H groups in total. The summed E-state index contributed by atoms with van der Waals surface area (Å²) in [6.07, 6.45) is 0. The van der Waals surface area contributed by atoms with Crippen molar-refractivity contribution in [2.24, 2.45) is 5.16 Å². The minimum Gasteiger partial charge on any atom is -0.411 e. The fourth-order valence-electron chi connectivity index (χ4n) is 1.50. The molecule has 0 bridgehead atoms. The number of halogens is 1. The molecule has 1 aromatic rings. The van der Waals surface area contributed by atoms with Crippen LogP contribution in [0.4, 0.5) is 4.39 Å². The van der Waals surface area contributed by atoms with Gasteiger partial charge in [0.25, 0.3) is 0 Å². The number of aliphatic hydroxyl groups excluding tert-OH is 1. The van der Waals surface area contributed by atoms with E-state index in [4.69, 9.17) is 10.3 Å². The van der Waals surface area contributed by atoms with Crippen LogP contribution in [0.5, 0.6) is 0 Å². The Morgan fingerprint density at radius 1 is 1.39 bits per heavy atom. The maximum Gasteiger partial charge on any atom is 0.161 e. The van der Waals surface area contributed by atoms with Crippen LogP contribution in [0.15, 0.2) is 29.4 Å². The lowest BCUT2D eigenvalue weighted by atomic mass is 10.1. The molecule has 5 nitrogen and oxygen atoms in total. The molecule has 0 fully saturated rings. The molecule has 0 radical (unpaired) electrons. The number of hydrogen-bond donors (Lipinski definition) is 2. The molecule has 0 aliphatic rings. The van der Waals surface area contributed by atoms with Crippen LogP contribution in [0.25, 0.3) is 0 Å². The molecule has 0 unspecified atom stereocenters. The van der Waals surface area contributed by atoms with Gasteiger partial charge in [-0.1, -0.05) is 24.2 Å². The molecule has 0 saturated carbocycles. The third-order valence-electron chi connectivity index (χ3n) is 2.55. The van der Waals surface area contributed by atoms with Crippen LogP contribution in [0.3, 0.4) is 0 Å². The summed E-state index contributed by atoms with van der Waals surface area (Å²) in [6, 6.07) is 4.82. The van der Waals surface area contributed by atoms with Crippen molar-refractivity contribution in [2.75, 3.05) is 12.4 Å². The van der Waals surface area contributed by atoms with E-state index in [1.54, 1.807) is 0 Å². The molecule has 0 spiro atoms. The second-order valence-electron chi connectivity index (χ2n) is 3.61. The Balaban J connectivity index is 3.21. The highest BCUT2D eigenvalue weighted by atomic mass is 32.2. The fourth-order valence-corrected chi connectivity index (χ4v) is 2.65. The average Bonchev–Trinajstić information content (AvgIpc) is 2.36. The summed E-state index contributed by atoms with van der Waals surface area (Å²) in [4.78, 5) is 0. The Labute approximate surface area is 104 Å². The normalized spacial score (nSPS) is 14.5. The zero-order valence-electron chi connectivity index (χ0n) is 9.75.